The van der Waals surface area contributed by atoms with Crippen molar-refractivity contribution in [1.82, 2.24) is 10.3 Å². The highest BCUT2D eigenvalue weighted by Crippen LogP contribution is 2.24. The smallest absolute Gasteiger partial charge is 0.233 e. The fraction of sp³-hybridized carbons (Fsp3) is 0.938. The molecule has 1 aliphatic rings. The van der Waals surface area contributed by atoms with Gasteiger partial charge in [0.15, 0.2) is 0 Å². The molecule has 3 N–H and O–H groups in total. The van der Waals surface area contributed by atoms with E-state index < -0.39 is 0 Å². The second kappa shape index (κ2) is 10.2. The van der Waals surface area contributed by atoms with Crippen LogP contribution in [0.25, 0.3) is 0 Å². The fourth-order valence-corrected chi connectivity index (χ4v) is 3.02. The summed E-state index contributed by atoms with van der Waals surface area (Å²) < 4.78 is 0. The first kappa shape index (κ1) is 17.4. The maximum absolute atomic E-state index is 11.0. The lowest BCUT2D eigenvalue weighted by atomic mass is 10.1. The average Bonchev–Trinajstić information content (AvgIpc) is 2.95. The van der Waals surface area contributed by atoms with Gasteiger partial charge in [-0.3, -0.25) is 10.2 Å². The minimum absolute atomic E-state index is 0.0440. The van der Waals surface area contributed by atoms with Crippen LogP contribution in [-0.4, -0.2) is 29.9 Å². The number of rotatable bonds is 10. The number of nitrogens with zero attached hydrogens (tertiary/aromatic N) is 1. The molecule has 0 heterocycles. The number of carbonyl (C=O) groups excluding carboxylic acids is 1. The first-order valence-corrected chi connectivity index (χ1v) is 8.37. The van der Waals surface area contributed by atoms with Crippen LogP contribution in [0.15, 0.2) is 0 Å². The van der Waals surface area contributed by atoms with E-state index in [4.69, 9.17) is 5.84 Å². The second-order valence-corrected chi connectivity index (χ2v) is 6.53. The quantitative estimate of drug-likeness (QED) is 0.280. The molecule has 20 heavy (non-hydrogen) atoms. The Hall–Kier alpha value is -0.610. The Bertz CT molecular complexity index is 262. The van der Waals surface area contributed by atoms with Crippen LogP contribution in [0.3, 0.4) is 0 Å². The molecule has 1 saturated carbocycles. The summed E-state index contributed by atoms with van der Waals surface area (Å²) in [5.41, 5.74) is 2.19. The summed E-state index contributed by atoms with van der Waals surface area (Å²) in [4.78, 5) is 13.8. The molecule has 4 nitrogen and oxygen atoms in total. The lowest BCUT2D eigenvalue weighted by Gasteiger charge is -2.29. The molecule has 1 rings (SSSR count). The van der Waals surface area contributed by atoms with Crippen molar-refractivity contribution < 1.29 is 4.79 Å². The molecule has 1 amide bonds. The number of hydrogen-bond acceptors (Lipinski definition) is 3. The Balaban J connectivity index is 2.20. The standard InChI is InChI=1S/C16H33N3O/c1-14(2)11-13-19(15-8-5-6-9-15)12-7-3-4-10-16(20)18-17/h14-15H,3-13,17H2,1-2H3,(H,18,20). The lowest BCUT2D eigenvalue weighted by molar-refractivity contribution is -0.121. The van der Waals surface area contributed by atoms with Crippen LogP contribution >= 0.6 is 0 Å². The Morgan fingerprint density at radius 2 is 1.90 bits per heavy atom. The first-order valence-electron chi connectivity index (χ1n) is 8.37. The molecule has 0 unspecified atom stereocenters. The predicted octanol–water partition coefficient (Wildman–Crippen LogP) is 2.83. The molecule has 1 aliphatic carbocycles. The molecule has 0 aromatic rings. The molecule has 0 saturated heterocycles. The second-order valence-electron chi connectivity index (χ2n) is 6.53. The summed E-state index contributed by atoms with van der Waals surface area (Å²) in [6.07, 6.45) is 10.7. The molecule has 4 heteroatoms. The molecule has 0 radical (unpaired) electrons. The van der Waals surface area contributed by atoms with Gasteiger partial charge in [-0.25, -0.2) is 5.84 Å². The van der Waals surface area contributed by atoms with Crippen molar-refractivity contribution in [2.45, 2.75) is 77.7 Å². The van der Waals surface area contributed by atoms with Gasteiger partial charge in [0.1, 0.15) is 0 Å². The van der Waals surface area contributed by atoms with E-state index in [2.05, 4.69) is 24.2 Å². The van der Waals surface area contributed by atoms with Gasteiger partial charge in [0.2, 0.25) is 5.91 Å². The van der Waals surface area contributed by atoms with Crippen LogP contribution in [0.2, 0.25) is 0 Å². The summed E-state index contributed by atoms with van der Waals surface area (Å²) in [7, 11) is 0. The molecule has 0 spiro atoms. The summed E-state index contributed by atoms with van der Waals surface area (Å²) in [5, 5.41) is 0. The highest BCUT2D eigenvalue weighted by Gasteiger charge is 2.21. The largest absolute Gasteiger partial charge is 0.300 e. The van der Waals surface area contributed by atoms with Crippen molar-refractivity contribution in [3.63, 3.8) is 0 Å². The Kier molecular flexibility index (Phi) is 8.86. The third-order valence-corrected chi connectivity index (χ3v) is 4.34. The molecule has 1 fully saturated rings. The van der Waals surface area contributed by atoms with Crippen molar-refractivity contribution in [2.75, 3.05) is 13.1 Å². The number of unbranched alkanes of at least 4 members (excludes halogenated alkanes) is 2. The van der Waals surface area contributed by atoms with Crippen LogP contribution in [0, 0.1) is 5.92 Å². The molecule has 0 aromatic carbocycles. The zero-order valence-electron chi connectivity index (χ0n) is 13.4. The van der Waals surface area contributed by atoms with Crippen LogP contribution in [0.1, 0.15) is 71.6 Å². The fourth-order valence-electron chi connectivity index (χ4n) is 3.02. The first-order chi connectivity index (χ1) is 9.63. The Morgan fingerprint density at radius 1 is 1.20 bits per heavy atom. The van der Waals surface area contributed by atoms with Crippen molar-refractivity contribution in [1.29, 1.82) is 0 Å². The van der Waals surface area contributed by atoms with E-state index >= 15 is 0 Å². The van der Waals surface area contributed by atoms with E-state index in [0.29, 0.717) is 6.42 Å². The topological polar surface area (TPSA) is 58.4 Å². The molecular weight excluding hydrogens is 250 g/mol. The third kappa shape index (κ3) is 7.25. The highest BCUT2D eigenvalue weighted by molar-refractivity contribution is 5.74. The predicted molar refractivity (Wildman–Crippen MR) is 84.1 cm³/mol. The van der Waals surface area contributed by atoms with Crippen LogP contribution in [0.4, 0.5) is 0 Å². The van der Waals surface area contributed by atoms with E-state index in [-0.39, 0.29) is 5.91 Å². The summed E-state index contributed by atoms with van der Waals surface area (Å²) in [5.74, 6) is 5.82. The van der Waals surface area contributed by atoms with Crippen molar-refractivity contribution in [3.05, 3.63) is 0 Å². The van der Waals surface area contributed by atoms with Crippen LogP contribution in [-0.2, 0) is 4.79 Å². The van der Waals surface area contributed by atoms with Gasteiger partial charge in [-0.15, -0.1) is 0 Å². The molecule has 0 aliphatic heterocycles. The number of nitrogens with one attached hydrogen (secondary N) is 1. The number of hydrazine groups is 1. The molecule has 118 valence electrons. The van der Waals surface area contributed by atoms with E-state index in [1.165, 1.54) is 51.6 Å². The van der Waals surface area contributed by atoms with Crippen molar-refractivity contribution in [3.8, 4) is 0 Å². The number of nitrogens with two attached hydrogens (primary N) is 1. The Morgan fingerprint density at radius 3 is 2.50 bits per heavy atom. The summed E-state index contributed by atoms with van der Waals surface area (Å²) in [6, 6.07) is 0.820. The highest BCUT2D eigenvalue weighted by atomic mass is 16.2. The monoisotopic (exact) mass is 283 g/mol. The molecule has 0 aromatic heterocycles. The van der Waals surface area contributed by atoms with Gasteiger partial charge in [0, 0.05) is 12.5 Å². The van der Waals surface area contributed by atoms with Gasteiger partial charge in [-0.2, -0.15) is 0 Å². The van der Waals surface area contributed by atoms with Gasteiger partial charge in [0.25, 0.3) is 0 Å². The van der Waals surface area contributed by atoms with Crippen LogP contribution in [0.5, 0.6) is 0 Å². The van der Waals surface area contributed by atoms with Gasteiger partial charge in [-0.1, -0.05) is 33.1 Å². The maximum Gasteiger partial charge on any atom is 0.233 e. The maximum atomic E-state index is 11.0. The van der Waals surface area contributed by atoms with Gasteiger partial charge < -0.3 is 4.90 Å². The molecule has 0 bridgehead atoms. The summed E-state index contributed by atoms with van der Waals surface area (Å²) >= 11 is 0. The molecule has 0 atom stereocenters. The van der Waals surface area contributed by atoms with Gasteiger partial charge in [0.05, 0.1) is 0 Å². The zero-order valence-corrected chi connectivity index (χ0v) is 13.4. The normalized spacial score (nSPS) is 16.2. The van der Waals surface area contributed by atoms with Crippen molar-refractivity contribution in [2.24, 2.45) is 11.8 Å². The molecular formula is C16H33N3O. The number of amides is 1. The van der Waals surface area contributed by atoms with E-state index in [0.717, 1.165) is 24.8 Å². The van der Waals surface area contributed by atoms with Crippen LogP contribution < -0.4 is 11.3 Å². The number of hydrogen-bond donors (Lipinski definition) is 2. The van der Waals surface area contributed by atoms with Gasteiger partial charge in [-0.05, 0) is 51.1 Å². The SMILES string of the molecule is CC(C)CCN(CCCCCC(=O)NN)C1CCCC1. The van der Waals surface area contributed by atoms with Gasteiger partial charge >= 0.3 is 0 Å². The lowest BCUT2D eigenvalue weighted by Crippen LogP contribution is -2.35. The van der Waals surface area contributed by atoms with E-state index in [9.17, 15) is 4.79 Å². The van der Waals surface area contributed by atoms with Crippen molar-refractivity contribution >= 4 is 5.91 Å². The Labute approximate surface area is 124 Å². The minimum atomic E-state index is -0.0440. The number of carbonyl (C=O) groups is 1. The summed E-state index contributed by atoms with van der Waals surface area (Å²) in [6.45, 7) is 7.05. The van der Waals surface area contributed by atoms with E-state index in [1.807, 2.05) is 0 Å². The van der Waals surface area contributed by atoms with E-state index in [1.54, 1.807) is 0 Å². The third-order valence-electron chi connectivity index (χ3n) is 4.34. The minimum Gasteiger partial charge on any atom is -0.300 e. The zero-order chi connectivity index (χ0) is 14.8. The average molecular weight is 283 g/mol.